The number of piperazine rings is 1. The van der Waals surface area contributed by atoms with Crippen LogP contribution in [0.4, 0.5) is 0 Å². The Balaban J connectivity index is 1.83. The minimum Gasteiger partial charge on any atom is -0.323 e. The molecule has 1 aromatic rings. The zero-order chi connectivity index (χ0) is 13.8. The Morgan fingerprint density at radius 2 is 1.63 bits per heavy atom. The Kier molecular flexibility index (Phi) is 4.97. The van der Waals surface area contributed by atoms with E-state index in [0.29, 0.717) is 6.04 Å². The molecule has 1 aliphatic rings. The fourth-order valence-corrected chi connectivity index (χ4v) is 2.66. The molecule has 0 spiro atoms. The minimum absolute atomic E-state index is 0.131. The maximum atomic E-state index is 6.32. The second-order valence-corrected chi connectivity index (χ2v) is 5.95. The van der Waals surface area contributed by atoms with Crippen molar-refractivity contribution < 1.29 is 0 Å². The van der Waals surface area contributed by atoms with Gasteiger partial charge in [0, 0.05) is 44.8 Å². The molecule has 1 fully saturated rings. The molecule has 1 aromatic carbocycles. The highest BCUT2D eigenvalue weighted by molar-refractivity contribution is 5.24. The summed E-state index contributed by atoms with van der Waals surface area (Å²) in [6.07, 6.45) is 0. The van der Waals surface area contributed by atoms with Crippen LogP contribution < -0.4 is 5.73 Å². The number of hydrogen-bond acceptors (Lipinski definition) is 3. The molecule has 2 N–H and O–H groups in total. The zero-order valence-corrected chi connectivity index (χ0v) is 12.5. The lowest BCUT2D eigenvalue weighted by Crippen LogP contribution is -2.50. The number of nitrogens with two attached hydrogens (primary N) is 1. The van der Waals surface area contributed by atoms with Crippen molar-refractivity contribution in [1.29, 1.82) is 0 Å². The zero-order valence-electron chi connectivity index (χ0n) is 12.5. The van der Waals surface area contributed by atoms with Crippen molar-refractivity contribution in [3.05, 3.63) is 35.4 Å². The summed E-state index contributed by atoms with van der Waals surface area (Å²) >= 11 is 0. The van der Waals surface area contributed by atoms with Crippen molar-refractivity contribution in [2.75, 3.05) is 32.7 Å². The molecule has 3 nitrogen and oxygen atoms in total. The highest BCUT2D eigenvalue weighted by Gasteiger charge is 2.20. The Morgan fingerprint density at radius 3 is 2.16 bits per heavy atom. The molecular formula is C16H27N3. The maximum absolute atomic E-state index is 6.32. The summed E-state index contributed by atoms with van der Waals surface area (Å²) in [5.41, 5.74) is 8.86. The molecule has 1 aliphatic heterocycles. The molecule has 19 heavy (non-hydrogen) atoms. The van der Waals surface area contributed by atoms with Gasteiger partial charge in [-0.3, -0.25) is 9.80 Å². The number of nitrogens with zero attached hydrogens (tertiary/aromatic N) is 2. The van der Waals surface area contributed by atoms with Crippen molar-refractivity contribution in [3.8, 4) is 0 Å². The van der Waals surface area contributed by atoms with Gasteiger partial charge in [-0.05, 0) is 26.3 Å². The summed E-state index contributed by atoms with van der Waals surface area (Å²) < 4.78 is 0. The van der Waals surface area contributed by atoms with E-state index in [4.69, 9.17) is 5.73 Å². The molecule has 106 valence electrons. The van der Waals surface area contributed by atoms with Crippen molar-refractivity contribution in [1.82, 2.24) is 9.80 Å². The van der Waals surface area contributed by atoms with E-state index in [9.17, 15) is 0 Å². The lowest BCUT2D eigenvalue weighted by atomic mass is 10.1. The van der Waals surface area contributed by atoms with Gasteiger partial charge in [0.25, 0.3) is 0 Å². The monoisotopic (exact) mass is 261 g/mol. The van der Waals surface area contributed by atoms with Gasteiger partial charge >= 0.3 is 0 Å². The molecule has 0 radical (unpaired) electrons. The summed E-state index contributed by atoms with van der Waals surface area (Å²) in [4.78, 5) is 5.03. The van der Waals surface area contributed by atoms with Crippen molar-refractivity contribution >= 4 is 0 Å². The van der Waals surface area contributed by atoms with Crippen LogP contribution in [0.25, 0.3) is 0 Å². The van der Waals surface area contributed by atoms with Gasteiger partial charge in [0.15, 0.2) is 0 Å². The quantitative estimate of drug-likeness (QED) is 0.900. The normalized spacial score (nSPS) is 19.8. The first kappa shape index (κ1) is 14.5. The van der Waals surface area contributed by atoms with Gasteiger partial charge in [-0.1, -0.05) is 29.8 Å². The van der Waals surface area contributed by atoms with E-state index in [1.807, 2.05) is 0 Å². The summed E-state index contributed by atoms with van der Waals surface area (Å²) in [6.45, 7) is 12.2. The largest absolute Gasteiger partial charge is 0.323 e. The topological polar surface area (TPSA) is 32.5 Å². The highest BCUT2D eigenvalue weighted by Crippen LogP contribution is 2.14. The van der Waals surface area contributed by atoms with Crippen LogP contribution >= 0.6 is 0 Å². The van der Waals surface area contributed by atoms with Gasteiger partial charge in [0.1, 0.15) is 0 Å². The highest BCUT2D eigenvalue weighted by atomic mass is 15.3. The summed E-state index contributed by atoms with van der Waals surface area (Å²) in [5, 5.41) is 0. The molecule has 1 heterocycles. The third-order valence-corrected chi connectivity index (χ3v) is 4.10. The summed E-state index contributed by atoms with van der Waals surface area (Å²) in [6, 6.07) is 9.39. The van der Waals surface area contributed by atoms with E-state index in [1.54, 1.807) is 0 Å². The van der Waals surface area contributed by atoms with Crippen molar-refractivity contribution in [2.45, 2.75) is 32.9 Å². The molecule has 0 amide bonds. The second kappa shape index (κ2) is 6.51. The molecule has 2 rings (SSSR count). The average molecular weight is 261 g/mol. The van der Waals surface area contributed by atoms with Crippen LogP contribution in [0.5, 0.6) is 0 Å². The SMILES string of the molecule is Cc1ccc(C(N)CN2CCN(C(C)C)CC2)cc1. The Morgan fingerprint density at radius 1 is 1.05 bits per heavy atom. The standard InChI is InChI=1S/C16H27N3/c1-13(2)19-10-8-18(9-11-19)12-16(17)15-6-4-14(3)5-7-15/h4-7,13,16H,8-12,17H2,1-3H3. The molecule has 0 saturated carbocycles. The van der Waals surface area contributed by atoms with E-state index in [0.717, 1.165) is 32.7 Å². The van der Waals surface area contributed by atoms with Gasteiger partial charge in [-0.2, -0.15) is 0 Å². The molecule has 1 unspecified atom stereocenters. The first-order chi connectivity index (χ1) is 9.06. The predicted molar refractivity (Wildman–Crippen MR) is 81.3 cm³/mol. The minimum atomic E-state index is 0.131. The van der Waals surface area contributed by atoms with Crippen LogP contribution in [-0.2, 0) is 0 Å². The van der Waals surface area contributed by atoms with Gasteiger partial charge < -0.3 is 5.73 Å². The third kappa shape index (κ3) is 4.03. The molecule has 3 heteroatoms. The number of aryl methyl sites for hydroxylation is 1. The van der Waals surface area contributed by atoms with E-state index in [2.05, 4.69) is 54.8 Å². The number of rotatable bonds is 4. The van der Waals surface area contributed by atoms with Gasteiger partial charge in [0.2, 0.25) is 0 Å². The lowest BCUT2D eigenvalue weighted by molar-refractivity contribution is 0.104. The summed E-state index contributed by atoms with van der Waals surface area (Å²) in [5.74, 6) is 0. The Hall–Kier alpha value is -0.900. The first-order valence-corrected chi connectivity index (χ1v) is 7.35. The Bertz CT molecular complexity index is 377. The predicted octanol–water partition coefficient (Wildman–Crippen LogP) is 2.02. The van der Waals surface area contributed by atoms with Crippen molar-refractivity contribution in [2.24, 2.45) is 5.73 Å². The van der Waals surface area contributed by atoms with E-state index in [1.165, 1.54) is 11.1 Å². The van der Waals surface area contributed by atoms with Crippen LogP contribution in [-0.4, -0.2) is 48.6 Å². The molecule has 1 atom stereocenters. The number of benzene rings is 1. The van der Waals surface area contributed by atoms with E-state index < -0.39 is 0 Å². The fraction of sp³-hybridized carbons (Fsp3) is 0.625. The average Bonchev–Trinajstić information content (AvgIpc) is 2.40. The van der Waals surface area contributed by atoms with E-state index in [-0.39, 0.29) is 6.04 Å². The van der Waals surface area contributed by atoms with Crippen LogP contribution in [0.3, 0.4) is 0 Å². The second-order valence-electron chi connectivity index (χ2n) is 5.95. The van der Waals surface area contributed by atoms with E-state index >= 15 is 0 Å². The fourth-order valence-electron chi connectivity index (χ4n) is 2.66. The van der Waals surface area contributed by atoms with Crippen LogP contribution in [0, 0.1) is 6.92 Å². The molecular weight excluding hydrogens is 234 g/mol. The van der Waals surface area contributed by atoms with Gasteiger partial charge in [-0.15, -0.1) is 0 Å². The molecule has 1 saturated heterocycles. The number of hydrogen-bond donors (Lipinski definition) is 1. The first-order valence-electron chi connectivity index (χ1n) is 7.35. The maximum Gasteiger partial charge on any atom is 0.0424 e. The molecule has 0 aliphatic carbocycles. The lowest BCUT2D eigenvalue weighted by Gasteiger charge is -2.37. The van der Waals surface area contributed by atoms with Crippen LogP contribution in [0.1, 0.15) is 31.0 Å². The molecule has 0 aromatic heterocycles. The van der Waals surface area contributed by atoms with Crippen molar-refractivity contribution in [3.63, 3.8) is 0 Å². The third-order valence-electron chi connectivity index (χ3n) is 4.10. The smallest absolute Gasteiger partial charge is 0.0424 e. The molecule has 0 bridgehead atoms. The Labute approximate surface area is 117 Å². The van der Waals surface area contributed by atoms with Crippen LogP contribution in [0.15, 0.2) is 24.3 Å². The van der Waals surface area contributed by atoms with Crippen LogP contribution in [0.2, 0.25) is 0 Å². The van der Waals surface area contributed by atoms with Gasteiger partial charge in [0.05, 0.1) is 0 Å². The van der Waals surface area contributed by atoms with Gasteiger partial charge in [-0.25, -0.2) is 0 Å². The summed E-state index contributed by atoms with van der Waals surface area (Å²) in [7, 11) is 0.